The summed E-state index contributed by atoms with van der Waals surface area (Å²) in [6.07, 6.45) is 1.68. The van der Waals surface area contributed by atoms with Gasteiger partial charge in [-0.1, -0.05) is 23.4 Å². The van der Waals surface area contributed by atoms with Gasteiger partial charge < -0.3 is 9.26 Å². The van der Waals surface area contributed by atoms with E-state index in [1.165, 1.54) is 11.8 Å². The van der Waals surface area contributed by atoms with Crippen molar-refractivity contribution in [3.63, 3.8) is 0 Å². The van der Waals surface area contributed by atoms with Gasteiger partial charge >= 0.3 is 5.97 Å². The van der Waals surface area contributed by atoms with Crippen LogP contribution < -0.4 is 0 Å². The fourth-order valence-corrected chi connectivity index (χ4v) is 4.29. The molecule has 7 heteroatoms. The van der Waals surface area contributed by atoms with E-state index in [-0.39, 0.29) is 5.97 Å². The number of hydrogen-bond donors (Lipinski definition) is 0. The number of nitrogens with zero attached hydrogens (tertiary/aromatic N) is 2. The second-order valence-electron chi connectivity index (χ2n) is 5.74. The number of thioether (sulfide) groups is 2. The predicted molar refractivity (Wildman–Crippen MR) is 107 cm³/mol. The fourth-order valence-electron chi connectivity index (χ4n) is 2.40. The molecule has 0 aliphatic carbocycles. The highest BCUT2D eigenvalue weighted by Crippen LogP contribution is 2.27. The molecule has 5 nitrogen and oxygen atoms in total. The molecule has 2 aromatic heterocycles. The van der Waals surface area contributed by atoms with Crippen LogP contribution in [0.3, 0.4) is 0 Å². The number of carbonyl (C=O) groups excluding carboxylic acids is 1. The lowest BCUT2D eigenvalue weighted by atomic mass is 10.2. The minimum atomic E-state index is -0.349. The van der Waals surface area contributed by atoms with Crippen molar-refractivity contribution < 1.29 is 14.1 Å². The minimum absolute atomic E-state index is 0.348. The van der Waals surface area contributed by atoms with Crippen molar-refractivity contribution >= 4 is 29.5 Å². The van der Waals surface area contributed by atoms with Gasteiger partial charge in [-0.3, -0.25) is 0 Å². The summed E-state index contributed by atoms with van der Waals surface area (Å²) in [5.74, 6) is 1.79. The smallest absolute Gasteiger partial charge is 0.340 e. The standard InChI is InChI=1S/C20H20N2O3S2/c1-14-18(15(2)25-22-14)13-27-19-17(9-6-10-21-19)20(23)24-11-12-26-16-7-4-3-5-8-16/h3-10H,11-13H2,1-2H3. The van der Waals surface area contributed by atoms with Crippen molar-refractivity contribution in [1.29, 1.82) is 0 Å². The molecule has 1 aromatic carbocycles. The Bertz CT molecular complexity index is 878. The van der Waals surface area contributed by atoms with Crippen LogP contribution in [-0.2, 0) is 10.5 Å². The quantitative estimate of drug-likeness (QED) is 0.302. The first-order valence-electron chi connectivity index (χ1n) is 8.49. The molecule has 0 saturated heterocycles. The Morgan fingerprint density at radius 1 is 1.11 bits per heavy atom. The van der Waals surface area contributed by atoms with Crippen molar-refractivity contribution in [2.75, 3.05) is 12.4 Å². The molecular weight excluding hydrogens is 380 g/mol. The van der Waals surface area contributed by atoms with E-state index in [0.717, 1.165) is 21.9 Å². The van der Waals surface area contributed by atoms with Crippen LogP contribution in [0.4, 0.5) is 0 Å². The van der Waals surface area contributed by atoms with E-state index in [4.69, 9.17) is 9.26 Å². The molecule has 0 unspecified atom stereocenters. The molecule has 3 aromatic rings. The van der Waals surface area contributed by atoms with E-state index in [2.05, 4.69) is 10.1 Å². The van der Waals surface area contributed by atoms with Crippen molar-refractivity contribution in [3.8, 4) is 0 Å². The van der Waals surface area contributed by atoms with Gasteiger partial charge in [0.1, 0.15) is 17.4 Å². The molecule has 3 rings (SSSR count). The van der Waals surface area contributed by atoms with Crippen molar-refractivity contribution in [3.05, 3.63) is 71.2 Å². The largest absolute Gasteiger partial charge is 0.461 e. The Hall–Kier alpha value is -2.25. The Balaban J connectivity index is 1.55. The Morgan fingerprint density at radius 2 is 1.93 bits per heavy atom. The monoisotopic (exact) mass is 400 g/mol. The third-order valence-electron chi connectivity index (χ3n) is 3.85. The average molecular weight is 401 g/mol. The second-order valence-corrected chi connectivity index (χ2v) is 7.88. The third-order valence-corrected chi connectivity index (χ3v) is 5.86. The summed E-state index contributed by atoms with van der Waals surface area (Å²) in [6.45, 7) is 4.14. The topological polar surface area (TPSA) is 65.2 Å². The number of pyridine rings is 1. The van der Waals surface area contributed by atoms with Gasteiger partial charge in [-0.15, -0.1) is 23.5 Å². The highest BCUT2D eigenvalue weighted by atomic mass is 32.2. The van der Waals surface area contributed by atoms with E-state index in [1.807, 2.05) is 44.2 Å². The summed E-state index contributed by atoms with van der Waals surface area (Å²) in [7, 11) is 0. The van der Waals surface area contributed by atoms with E-state index in [1.54, 1.807) is 30.1 Å². The normalized spacial score (nSPS) is 10.7. The van der Waals surface area contributed by atoms with Gasteiger partial charge in [0.15, 0.2) is 0 Å². The second kappa shape index (κ2) is 9.62. The SMILES string of the molecule is Cc1noc(C)c1CSc1ncccc1C(=O)OCCSc1ccccc1. The lowest BCUT2D eigenvalue weighted by molar-refractivity contribution is 0.0525. The van der Waals surface area contributed by atoms with E-state index < -0.39 is 0 Å². The van der Waals surface area contributed by atoms with Crippen molar-refractivity contribution in [2.45, 2.75) is 29.5 Å². The van der Waals surface area contributed by atoms with Crippen molar-refractivity contribution in [1.82, 2.24) is 10.1 Å². The molecule has 2 heterocycles. The molecule has 0 spiro atoms. The summed E-state index contributed by atoms with van der Waals surface area (Å²) in [6, 6.07) is 13.5. The van der Waals surface area contributed by atoms with Gasteiger partial charge in [-0.2, -0.15) is 0 Å². The molecular formula is C20H20N2O3S2. The summed E-state index contributed by atoms with van der Waals surface area (Å²) in [4.78, 5) is 18.0. The molecule has 0 saturated carbocycles. The zero-order valence-corrected chi connectivity index (χ0v) is 16.8. The lowest BCUT2D eigenvalue weighted by Gasteiger charge is -2.08. The molecule has 0 fully saturated rings. The number of aryl methyl sites for hydroxylation is 2. The minimum Gasteiger partial charge on any atom is -0.461 e. The molecule has 0 aliphatic rings. The highest BCUT2D eigenvalue weighted by molar-refractivity contribution is 7.99. The maximum Gasteiger partial charge on any atom is 0.340 e. The first-order valence-corrected chi connectivity index (χ1v) is 10.5. The van der Waals surface area contributed by atoms with Crippen LogP contribution in [0.15, 0.2) is 63.1 Å². The Kier molecular flexibility index (Phi) is 6.95. The fraction of sp³-hybridized carbons (Fsp3) is 0.250. The zero-order valence-electron chi connectivity index (χ0n) is 15.2. The number of esters is 1. The molecule has 0 amide bonds. The van der Waals surface area contributed by atoms with Gasteiger partial charge in [0.2, 0.25) is 0 Å². The molecule has 0 atom stereocenters. The predicted octanol–water partition coefficient (Wildman–Crippen LogP) is 4.93. The maximum absolute atomic E-state index is 12.5. The van der Waals surface area contributed by atoms with Crippen LogP contribution in [-0.4, -0.2) is 28.5 Å². The first-order chi connectivity index (χ1) is 13.1. The van der Waals surface area contributed by atoms with Crippen LogP contribution in [0.5, 0.6) is 0 Å². The molecule has 0 bridgehead atoms. The Morgan fingerprint density at radius 3 is 2.67 bits per heavy atom. The highest BCUT2D eigenvalue weighted by Gasteiger charge is 2.16. The van der Waals surface area contributed by atoms with Gasteiger partial charge in [-0.25, -0.2) is 9.78 Å². The van der Waals surface area contributed by atoms with Crippen LogP contribution in [0, 0.1) is 13.8 Å². The van der Waals surface area contributed by atoms with Gasteiger partial charge in [-0.05, 0) is 38.1 Å². The van der Waals surface area contributed by atoms with E-state index in [0.29, 0.717) is 28.7 Å². The number of benzene rings is 1. The molecule has 0 N–H and O–H groups in total. The Labute approximate surface area is 166 Å². The molecule has 140 valence electrons. The zero-order chi connectivity index (χ0) is 19.1. The van der Waals surface area contributed by atoms with Gasteiger partial charge in [0, 0.05) is 28.2 Å². The third kappa shape index (κ3) is 5.37. The number of carbonyl (C=O) groups is 1. The van der Waals surface area contributed by atoms with Gasteiger partial charge in [0.25, 0.3) is 0 Å². The summed E-state index contributed by atoms with van der Waals surface area (Å²) in [5.41, 5.74) is 2.38. The van der Waals surface area contributed by atoms with Crippen LogP contribution in [0.25, 0.3) is 0 Å². The van der Waals surface area contributed by atoms with Crippen LogP contribution in [0.1, 0.15) is 27.4 Å². The number of ether oxygens (including phenoxy) is 1. The summed E-state index contributed by atoms with van der Waals surface area (Å²) >= 11 is 3.14. The molecule has 0 radical (unpaired) electrons. The molecule has 0 aliphatic heterocycles. The van der Waals surface area contributed by atoms with E-state index in [9.17, 15) is 4.79 Å². The number of aromatic nitrogens is 2. The van der Waals surface area contributed by atoms with Crippen molar-refractivity contribution in [2.24, 2.45) is 0 Å². The lowest BCUT2D eigenvalue weighted by Crippen LogP contribution is -2.10. The number of rotatable bonds is 8. The molecule has 27 heavy (non-hydrogen) atoms. The first kappa shape index (κ1) is 19.5. The summed E-state index contributed by atoms with van der Waals surface area (Å²) in [5, 5.41) is 4.61. The van der Waals surface area contributed by atoms with Crippen LogP contribution >= 0.6 is 23.5 Å². The van der Waals surface area contributed by atoms with Crippen LogP contribution in [0.2, 0.25) is 0 Å². The van der Waals surface area contributed by atoms with E-state index >= 15 is 0 Å². The summed E-state index contributed by atoms with van der Waals surface area (Å²) < 4.78 is 10.6. The maximum atomic E-state index is 12.5. The van der Waals surface area contributed by atoms with Gasteiger partial charge in [0.05, 0.1) is 11.3 Å². The average Bonchev–Trinajstić information content (AvgIpc) is 3.02. The number of hydrogen-bond acceptors (Lipinski definition) is 7.